The second kappa shape index (κ2) is 4.78. The van der Waals surface area contributed by atoms with Gasteiger partial charge in [-0.2, -0.15) is 0 Å². The van der Waals surface area contributed by atoms with Gasteiger partial charge < -0.3 is 0 Å². The molecule has 1 aliphatic rings. The SMILES string of the molecule is O=S(=O)(Cl)c1nnc(-c2cc(F)cc(Br)c2)n1C1CC1. The van der Waals surface area contributed by atoms with E-state index in [1.54, 1.807) is 6.07 Å². The first-order valence-corrected chi connectivity index (χ1v) is 8.82. The fourth-order valence-corrected chi connectivity index (χ4v) is 3.37. The molecule has 1 aromatic carbocycles. The monoisotopic (exact) mass is 379 g/mol. The standard InChI is InChI=1S/C11H8BrClFN3O2S/c12-7-3-6(4-8(14)5-7)10-15-16-11(20(13,18)19)17(10)9-1-2-9/h3-5,9H,1-2H2. The summed E-state index contributed by atoms with van der Waals surface area (Å²) in [5.41, 5.74) is 0.447. The van der Waals surface area contributed by atoms with E-state index in [0.717, 1.165) is 12.8 Å². The molecule has 0 saturated heterocycles. The van der Waals surface area contributed by atoms with Crippen molar-refractivity contribution in [2.75, 3.05) is 0 Å². The maximum absolute atomic E-state index is 13.5. The first-order chi connectivity index (χ1) is 9.36. The lowest BCUT2D eigenvalue weighted by atomic mass is 10.2. The van der Waals surface area contributed by atoms with Crippen LogP contribution >= 0.6 is 26.6 Å². The number of hydrogen-bond donors (Lipinski definition) is 0. The average Bonchev–Trinajstić information content (AvgIpc) is 3.04. The van der Waals surface area contributed by atoms with Gasteiger partial charge in [0.2, 0.25) is 0 Å². The predicted octanol–water partition coefficient (Wildman–Crippen LogP) is 3.11. The number of benzene rings is 1. The molecule has 1 saturated carbocycles. The summed E-state index contributed by atoms with van der Waals surface area (Å²) in [5.74, 6) is -0.151. The Kier molecular flexibility index (Phi) is 3.34. The molecular formula is C11H8BrClFN3O2S. The molecule has 9 heteroatoms. The van der Waals surface area contributed by atoms with E-state index in [0.29, 0.717) is 15.9 Å². The highest BCUT2D eigenvalue weighted by molar-refractivity contribution is 9.10. The quantitative estimate of drug-likeness (QED) is 0.768. The minimum atomic E-state index is -3.99. The zero-order chi connectivity index (χ0) is 14.5. The number of halogens is 3. The molecule has 0 amide bonds. The van der Waals surface area contributed by atoms with Gasteiger partial charge in [0.05, 0.1) is 0 Å². The van der Waals surface area contributed by atoms with Crippen LogP contribution in [0.15, 0.2) is 27.8 Å². The number of nitrogens with zero attached hydrogens (tertiary/aromatic N) is 3. The molecule has 0 spiro atoms. The molecular weight excluding hydrogens is 373 g/mol. The van der Waals surface area contributed by atoms with Crippen LogP contribution in [0, 0.1) is 5.82 Å². The van der Waals surface area contributed by atoms with Crippen molar-refractivity contribution in [2.45, 2.75) is 24.0 Å². The highest BCUT2D eigenvalue weighted by Gasteiger charge is 2.34. The minimum absolute atomic E-state index is 0.00873. The second-order valence-electron chi connectivity index (χ2n) is 4.50. The van der Waals surface area contributed by atoms with Gasteiger partial charge in [0.1, 0.15) is 5.82 Å². The highest BCUT2D eigenvalue weighted by atomic mass is 79.9. The van der Waals surface area contributed by atoms with E-state index in [-0.39, 0.29) is 11.2 Å². The Morgan fingerprint density at radius 1 is 1.30 bits per heavy atom. The van der Waals surface area contributed by atoms with Crippen LogP contribution < -0.4 is 0 Å². The van der Waals surface area contributed by atoms with Crippen LogP contribution in [0.2, 0.25) is 0 Å². The lowest BCUT2D eigenvalue weighted by Gasteiger charge is -2.07. The Hall–Kier alpha value is -0.990. The van der Waals surface area contributed by atoms with E-state index in [1.165, 1.54) is 16.7 Å². The molecule has 0 aliphatic heterocycles. The summed E-state index contributed by atoms with van der Waals surface area (Å²) in [7, 11) is 1.37. The molecule has 2 aromatic rings. The van der Waals surface area contributed by atoms with Crippen molar-refractivity contribution in [1.29, 1.82) is 0 Å². The van der Waals surface area contributed by atoms with Crippen LogP contribution in [0.5, 0.6) is 0 Å². The first kappa shape index (κ1) is 14.0. The summed E-state index contributed by atoms with van der Waals surface area (Å²) in [6, 6.07) is 4.22. The average molecular weight is 381 g/mol. The van der Waals surface area contributed by atoms with Crippen molar-refractivity contribution in [3.05, 3.63) is 28.5 Å². The van der Waals surface area contributed by atoms with Crippen LogP contribution in [0.3, 0.4) is 0 Å². The third-order valence-corrected chi connectivity index (χ3v) is 4.50. The molecule has 106 valence electrons. The van der Waals surface area contributed by atoms with E-state index >= 15 is 0 Å². The Balaban J connectivity index is 2.22. The predicted molar refractivity (Wildman–Crippen MR) is 74.4 cm³/mol. The molecule has 0 radical (unpaired) electrons. The summed E-state index contributed by atoms with van der Waals surface area (Å²) in [5, 5.41) is 7.20. The molecule has 1 aliphatic carbocycles. The van der Waals surface area contributed by atoms with Crippen molar-refractivity contribution in [3.8, 4) is 11.4 Å². The van der Waals surface area contributed by atoms with Crippen molar-refractivity contribution in [2.24, 2.45) is 0 Å². The van der Waals surface area contributed by atoms with Gasteiger partial charge in [0.25, 0.3) is 14.2 Å². The number of hydrogen-bond acceptors (Lipinski definition) is 4. The van der Waals surface area contributed by atoms with Crippen molar-refractivity contribution >= 4 is 35.7 Å². The smallest absolute Gasteiger partial charge is 0.294 e. The number of aromatic nitrogens is 3. The van der Waals surface area contributed by atoms with Gasteiger partial charge in [0.15, 0.2) is 5.82 Å². The molecule has 0 unspecified atom stereocenters. The third kappa shape index (κ3) is 2.59. The molecule has 1 fully saturated rings. The molecule has 3 rings (SSSR count). The molecule has 0 N–H and O–H groups in total. The fraction of sp³-hybridized carbons (Fsp3) is 0.273. The van der Waals surface area contributed by atoms with Gasteiger partial charge in [-0.25, -0.2) is 12.8 Å². The van der Waals surface area contributed by atoms with Crippen LogP contribution in [0.25, 0.3) is 11.4 Å². The molecule has 20 heavy (non-hydrogen) atoms. The van der Waals surface area contributed by atoms with Gasteiger partial charge in [-0.05, 0) is 31.0 Å². The number of rotatable bonds is 3. The zero-order valence-electron chi connectivity index (χ0n) is 9.92. The Labute approximate surface area is 127 Å². The maximum atomic E-state index is 13.5. The van der Waals surface area contributed by atoms with E-state index in [9.17, 15) is 12.8 Å². The normalized spacial score (nSPS) is 15.6. The summed E-state index contributed by atoms with van der Waals surface area (Å²) in [6.45, 7) is 0. The summed E-state index contributed by atoms with van der Waals surface area (Å²) in [4.78, 5) is 0. The first-order valence-electron chi connectivity index (χ1n) is 5.72. The topological polar surface area (TPSA) is 64.8 Å². The molecule has 0 atom stereocenters. The summed E-state index contributed by atoms with van der Waals surface area (Å²) in [6.07, 6.45) is 1.64. The molecule has 5 nitrogen and oxygen atoms in total. The second-order valence-corrected chi connectivity index (χ2v) is 7.88. The van der Waals surface area contributed by atoms with Gasteiger partial charge in [0, 0.05) is 26.8 Å². The van der Waals surface area contributed by atoms with Crippen LogP contribution in [-0.4, -0.2) is 23.2 Å². The Morgan fingerprint density at radius 3 is 2.55 bits per heavy atom. The van der Waals surface area contributed by atoms with Crippen LogP contribution in [-0.2, 0) is 9.05 Å². The van der Waals surface area contributed by atoms with Crippen molar-refractivity contribution in [1.82, 2.24) is 14.8 Å². The van der Waals surface area contributed by atoms with E-state index in [4.69, 9.17) is 10.7 Å². The van der Waals surface area contributed by atoms with Gasteiger partial charge in [-0.15, -0.1) is 10.2 Å². The van der Waals surface area contributed by atoms with E-state index in [1.807, 2.05) is 0 Å². The van der Waals surface area contributed by atoms with Gasteiger partial charge in [-0.1, -0.05) is 15.9 Å². The van der Waals surface area contributed by atoms with Crippen LogP contribution in [0.1, 0.15) is 18.9 Å². The van der Waals surface area contributed by atoms with Crippen molar-refractivity contribution < 1.29 is 12.8 Å². The van der Waals surface area contributed by atoms with Crippen LogP contribution in [0.4, 0.5) is 4.39 Å². The fourth-order valence-electron chi connectivity index (χ4n) is 1.98. The summed E-state index contributed by atoms with van der Waals surface area (Å²) < 4.78 is 38.5. The van der Waals surface area contributed by atoms with Crippen molar-refractivity contribution in [3.63, 3.8) is 0 Å². The summed E-state index contributed by atoms with van der Waals surface area (Å²) >= 11 is 3.19. The largest absolute Gasteiger partial charge is 0.296 e. The van der Waals surface area contributed by atoms with Gasteiger partial charge >= 0.3 is 0 Å². The zero-order valence-corrected chi connectivity index (χ0v) is 13.1. The van der Waals surface area contributed by atoms with E-state index in [2.05, 4.69) is 26.1 Å². The molecule has 0 bridgehead atoms. The maximum Gasteiger partial charge on any atom is 0.296 e. The third-order valence-electron chi connectivity index (χ3n) is 2.92. The molecule has 1 aromatic heterocycles. The Morgan fingerprint density at radius 2 is 2.00 bits per heavy atom. The highest BCUT2D eigenvalue weighted by Crippen LogP contribution is 2.40. The lowest BCUT2D eigenvalue weighted by Crippen LogP contribution is -2.06. The molecule has 1 heterocycles. The Bertz CT molecular complexity index is 769. The minimum Gasteiger partial charge on any atom is -0.294 e. The van der Waals surface area contributed by atoms with Gasteiger partial charge in [-0.3, -0.25) is 4.57 Å². The lowest BCUT2D eigenvalue weighted by molar-refractivity contribution is 0.579. The van der Waals surface area contributed by atoms with E-state index < -0.39 is 14.9 Å².